The van der Waals surface area contributed by atoms with Crippen LogP contribution in [0.15, 0.2) is 54.6 Å². The van der Waals surface area contributed by atoms with Crippen molar-refractivity contribution in [3.63, 3.8) is 0 Å². The van der Waals surface area contributed by atoms with E-state index in [1.54, 1.807) is 31.2 Å². The van der Waals surface area contributed by atoms with E-state index in [2.05, 4.69) is 34.5 Å². The summed E-state index contributed by atoms with van der Waals surface area (Å²) < 4.78 is 5.65. The second-order valence-electron chi connectivity index (χ2n) is 6.45. The summed E-state index contributed by atoms with van der Waals surface area (Å²) in [5.41, 5.74) is 1.29. The molecule has 6 heteroatoms. The fourth-order valence-corrected chi connectivity index (χ4v) is 2.97. The van der Waals surface area contributed by atoms with E-state index in [-0.39, 0.29) is 11.8 Å². The Bertz CT molecular complexity index is 698. The van der Waals surface area contributed by atoms with Gasteiger partial charge in [0, 0.05) is 32.7 Å². The largest absolute Gasteiger partial charge is 0.508 e. The fourth-order valence-electron chi connectivity index (χ4n) is 2.97. The Balaban J connectivity index is 1.42. The van der Waals surface area contributed by atoms with Gasteiger partial charge in [0.25, 0.3) is 0 Å². The molecule has 2 aromatic rings. The molecule has 0 bridgehead atoms. The molecule has 138 valence electrons. The molecule has 1 fully saturated rings. The van der Waals surface area contributed by atoms with Crippen LogP contribution in [-0.4, -0.2) is 53.3 Å². The topological polar surface area (TPSA) is 65.0 Å². The van der Waals surface area contributed by atoms with Crippen LogP contribution in [0.5, 0.6) is 11.5 Å². The van der Waals surface area contributed by atoms with Gasteiger partial charge < -0.3 is 20.1 Å². The fraction of sp³-hybridized carbons (Fsp3) is 0.350. The summed E-state index contributed by atoms with van der Waals surface area (Å²) in [6.07, 6.45) is -0.450. The average Bonchev–Trinajstić information content (AvgIpc) is 2.65. The smallest absolute Gasteiger partial charge is 0.320 e. The van der Waals surface area contributed by atoms with Crippen molar-refractivity contribution >= 4 is 6.03 Å². The number of nitrogens with zero attached hydrogens (tertiary/aromatic N) is 2. The second kappa shape index (κ2) is 8.58. The Kier molecular flexibility index (Phi) is 5.96. The lowest BCUT2D eigenvalue weighted by Crippen LogP contribution is -2.53. The Morgan fingerprint density at radius 2 is 1.73 bits per heavy atom. The molecular weight excluding hydrogens is 330 g/mol. The highest BCUT2D eigenvalue weighted by Crippen LogP contribution is 2.17. The van der Waals surface area contributed by atoms with Gasteiger partial charge in [-0.3, -0.25) is 4.90 Å². The number of carbonyl (C=O) groups excluding carboxylic acids is 1. The molecule has 1 aliphatic rings. The summed E-state index contributed by atoms with van der Waals surface area (Å²) in [7, 11) is 0. The highest BCUT2D eigenvalue weighted by molar-refractivity contribution is 5.74. The molecule has 0 spiro atoms. The third-order valence-corrected chi connectivity index (χ3v) is 4.38. The van der Waals surface area contributed by atoms with Crippen LogP contribution < -0.4 is 10.1 Å². The molecule has 1 aliphatic heterocycles. The minimum absolute atomic E-state index is 0.115. The Labute approximate surface area is 154 Å². The maximum Gasteiger partial charge on any atom is 0.320 e. The summed E-state index contributed by atoms with van der Waals surface area (Å²) in [4.78, 5) is 16.6. The number of amides is 2. The predicted octanol–water partition coefficient (Wildman–Crippen LogP) is 2.64. The van der Waals surface area contributed by atoms with Gasteiger partial charge in [0.05, 0.1) is 0 Å². The van der Waals surface area contributed by atoms with Gasteiger partial charge in [0.15, 0.2) is 6.23 Å². The van der Waals surface area contributed by atoms with E-state index >= 15 is 0 Å². The number of benzene rings is 2. The maximum atomic E-state index is 12.4. The number of hydrogen-bond acceptors (Lipinski definition) is 4. The van der Waals surface area contributed by atoms with Gasteiger partial charge in [-0.25, -0.2) is 4.79 Å². The number of carbonyl (C=O) groups is 1. The second-order valence-corrected chi connectivity index (χ2v) is 6.45. The first-order valence-electron chi connectivity index (χ1n) is 8.87. The number of nitrogens with one attached hydrogen (secondary N) is 1. The lowest BCUT2D eigenvalue weighted by Gasteiger charge is -2.35. The van der Waals surface area contributed by atoms with E-state index < -0.39 is 6.23 Å². The van der Waals surface area contributed by atoms with E-state index in [4.69, 9.17) is 4.74 Å². The number of rotatable bonds is 5. The third kappa shape index (κ3) is 5.13. The van der Waals surface area contributed by atoms with Crippen LogP contribution in [0.25, 0.3) is 0 Å². The number of phenolic OH excluding ortho intramolecular Hbond substituents is 1. The zero-order valence-electron chi connectivity index (χ0n) is 15.0. The van der Waals surface area contributed by atoms with Crippen molar-refractivity contribution in [3.8, 4) is 11.5 Å². The summed E-state index contributed by atoms with van der Waals surface area (Å²) in [5.74, 6) is 0.783. The van der Waals surface area contributed by atoms with Crippen LogP contribution in [0.3, 0.4) is 0 Å². The lowest BCUT2D eigenvalue weighted by molar-refractivity contribution is 0.118. The monoisotopic (exact) mass is 355 g/mol. The Hall–Kier alpha value is -2.73. The van der Waals surface area contributed by atoms with E-state index in [0.717, 1.165) is 19.6 Å². The van der Waals surface area contributed by atoms with Gasteiger partial charge in [-0.15, -0.1) is 0 Å². The van der Waals surface area contributed by atoms with Gasteiger partial charge in [-0.1, -0.05) is 30.3 Å². The normalized spacial score (nSPS) is 16.1. The maximum absolute atomic E-state index is 12.4. The summed E-state index contributed by atoms with van der Waals surface area (Å²) in [6.45, 7) is 5.81. The first-order valence-corrected chi connectivity index (χ1v) is 8.87. The van der Waals surface area contributed by atoms with Crippen molar-refractivity contribution in [1.82, 2.24) is 15.1 Å². The third-order valence-electron chi connectivity index (χ3n) is 4.38. The standard InChI is InChI=1S/C20H25N3O3/c1-16(26-19-9-7-18(24)8-10-19)21-20(25)23-13-11-22(12-14-23)15-17-5-3-2-4-6-17/h2-10,16,24H,11-15H2,1H3,(H,21,25). The van der Waals surface area contributed by atoms with E-state index in [0.29, 0.717) is 18.8 Å². The molecule has 1 heterocycles. The molecule has 1 saturated heterocycles. The van der Waals surface area contributed by atoms with Gasteiger partial charge in [-0.05, 0) is 36.8 Å². The molecule has 2 amide bonds. The molecule has 1 atom stereocenters. The van der Waals surface area contributed by atoms with Crippen molar-refractivity contribution in [1.29, 1.82) is 0 Å². The number of ether oxygens (including phenoxy) is 1. The zero-order valence-corrected chi connectivity index (χ0v) is 15.0. The van der Waals surface area contributed by atoms with Crippen LogP contribution in [0.1, 0.15) is 12.5 Å². The molecule has 0 radical (unpaired) electrons. The SMILES string of the molecule is CC(NC(=O)N1CCN(Cc2ccccc2)CC1)Oc1ccc(O)cc1. The van der Waals surface area contributed by atoms with Gasteiger partial charge in [0.1, 0.15) is 11.5 Å². The zero-order chi connectivity index (χ0) is 18.4. The van der Waals surface area contributed by atoms with Crippen LogP contribution in [0, 0.1) is 0 Å². The summed E-state index contributed by atoms with van der Waals surface area (Å²) >= 11 is 0. The van der Waals surface area contributed by atoms with E-state index in [1.807, 2.05) is 11.0 Å². The highest BCUT2D eigenvalue weighted by atomic mass is 16.5. The van der Waals surface area contributed by atoms with Crippen LogP contribution >= 0.6 is 0 Å². The van der Waals surface area contributed by atoms with E-state index in [9.17, 15) is 9.90 Å². The summed E-state index contributed by atoms with van der Waals surface area (Å²) in [6, 6.07) is 16.7. The number of hydrogen-bond donors (Lipinski definition) is 2. The number of urea groups is 1. The lowest BCUT2D eigenvalue weighted by atomic mass is 10.2. The van der Waals surface area contributed by atoms with Crippen LogP contribution in [-0.2, 0) is 6.54 Å². The molecule has 0 aliphatic carbocycles. The molecule has 2 N–H and O–H groups in total. The van der Waals surface area contributed by atoms with Crippen molar-refractivity contribution in [2.75, 3.05) is 26.2 Å². The molecular formula is C20H25N3O3. The van der Waals surface area contributed by atoms with Gasteiger partial charge in [0.2, 0.25) is 0 Å². The molecule has 0 aromatic heterocycles. The molecule has 3 rings (SSSR count). The first-order chi connectivity index (χ1) is 12.6. The number of phenols is 1. The van der Waals surface area contributed by atoms with Crippen molar-refractivity contribution in [2.24, 2.45) is 0 Å². The molecule has 2 aromatic carbocycles. The number of piperazine rings is 1. The van der Waals surface area contributed by atoms with Crippen molar-refractivity contribution in [3.05, 3.63) is 60.2 Å². The first kappa shape index (κ1) is 18.1. The molecule has 1 unspecified atom stereocenters. The van der Waals surface area contributed by atoms with Crippen molar-refractivity contribution < 1.29 is 14.6 Å². The Morgan fingerprint density at radius 3 is 2.38 bits per heavy atom. The van der Waals surface area contributed by atoms with E-state index in [1.165, 1.54) is 5.56 Å². The Morgan fingerprint density at radius 1 is 1.08 bits per heavy atom. The minimum Gasteiger partial charge on any atom is -0.508 e. The van der Waals surface area contributed by atoms with Gasteiger partial charge >= 0.3 is 6.03 Å². The van der Waals surface area contributed by atoms with Crippen molar-refractivity contribution in [2.45, 2.75) is 19.7 Å². The van der Waals surface area contributed by atoms with Gasteiger partial charge in [-0.2, -0.15) is 0 Å². The average molecular weight is 355 g/mol. The van der Waals surface area contributed by atoms with Crippen LogP contribution in [0.2, 0.25) is 0 Å². The number of aromatic hydroxyl groups is 1. The van der Waals surface area contributed by atoms with Crippen LogP contribution in [0.4, 0.5) is 4.79 Å². The summed E-state index contributed by atoms with van der Waals surface area (Å²) in [5, 5.41) is 12.1. The highest BCUT2D eigenvalue weighted by Gasteiger charge is 2.22. The molecule has 6 nitrogen and oxygen atoms in total. The minimum atomic E-state index is -0.450. The quantitative estimate of drug-likeness (QED) is 0.810. The molecule has 26 heavy (non-hydrogen) atoms. The predicted molar refractivity (Wildman–Crippen MR) is 100 cm³/mol. The molecule has 0 saturated carbocycles.